The number of carbonyl (C=O) groups excluding carboxylic acids is 2. The predicted molar refractivity (Wildman–Crippen MR) is 157 cm³/mol. The summed E-state index contributed by atoms with van der Waals surface area (Å²) < 4.78 is 11.5. The minimum atomic E-state index is -2.45. The number of nitrogens with zero attached hydrogens (tertiary/aromatic N) is 1. The van der Waals surface area contributed by atoms with E-state index in [2.05, 4.69) is 81.4 Å². The largest absolute Gasteiger partial charge is 0.453 e. The van der Waals surface area contributed by atoms with Crippen LogP contribution in [0.4, 0.5) is 4.79 Å². The van der Waals surface area contributed by atoms with Crippen LogP contribution in [0.15, 0.2) is 103 Å². The summed E-state index contributed by atoms with van der Waals surface area (Å²) in [5, 5.41) is 2.68. The average molecular weight is 540 g/mol. The Labute approximate surface area is 232 Å². The molecule has 3 aromatic rings. The van der Waals surface area contributed by atoms with Crippen molar-refractivity contribution in [1.82, 2.24) is 4.90 Å². The molecule has 0 N–H and O–H groups in total. The van der Waals surface area contributed by atoms with Crippen LogP contribution in [0.3, 0.4) is 0 Å². The molecule has 3 aromatic carbocycles. The molecular formula is C33H37NO4Si. The first kappa shape index (κ1) is 26.9. The standard InChI is InChI=1S/C33H37NO4Si/c1-33(2,3)39(27-15-9-5-10-16-27,28-17-11-6-12-18-28)24-26-19-20-29(30-21-22-31(35)38-30)34(26)32(36)37-23-25-13-7-4-8-14-25/h4-18,21-22,26,29-30H,19-20,23-24H2,1-3H3/t26-,29-,30?/m0/s1. The molecule has 0 aromatic heterocycles. The Hall–Kier alpha value is -3.64. The van der Waals surface area contributed by atoms with Crippen LogP contribution in [-0.4, -0.2) is 43.2 Å². The van der Waals surface area contributed by atoms with Gasteiger partial charge in [-0.25, -0.2) is 9.59 Å². The fourth-order valence-corrected chi connectivity index (χ4v) is 12.3. The summed E-state index contributed by atoms with van der Waals surface area (Å²) in [4.78, 5) is 27.7. The van der Waals surface area contributed by atoms with Gasteiger partial charge in [0.15, 0.2) is 0 Å². The monoisotopic (exact) mass is 539 g/mol. The molecule has 0 saturated carbocycles. The molecule has 6 heteroatoms. The van der Waals surface area contributed by atoms with E-state index in [4.69, 9.17) is 9.47 Å². The number of cyclic esters (lactones) is 1. The predicted octanol–water partition coefficient (Wildman–Crippen LogP) is 5.70. The number of benzene rings is 3. The van der Waals surface area contributed by atoms with E-state index in [1.807, 2.05) is 35.2 Å². The van der Waals surface area contributed by atoms with Gasteiger partial charge >= 0.3 is 12.1 Å². The molecule has 0 aliphatic carbocycles. The fraction of sp³-hybridized carbons (Fsp3) is 0.333. The van der Waals surface area contributed by atoms with Gasteiger partial charge < -0.3 is 9.47 Å². The van der Waals surface area contributed by atoms with Crippen LogP contribution in [0, 0.1) is 0 Å². The van der Waals surface area contributed by atoms with E-state index in [1.165, 1.54) is 16.4 Å². The van der Waals surface area contributed by atoms with E-state index in [0.717, 1.165) is 24.4 Å². The molecule has 1 unspecified atom stereocenters. The van der Waals surface area contributed by atoms with Crippen LogP contribution in [-0.2, 0) is 20.9 Å². The first-order valence-electron chi connectivity index (χ1n) is 13.8. The zero-order valence-electron chi connectivity index (χ0n) is 23.0. The summed E-state index contributed by atoms with van der Waals surface area (Å²) in [5.74, 6) is -0.354. The molecule has 5 rings (SSSR count). The van der Waals surface area contributed by atoms with Crippen molar-refractivity contribution in [2.45, 2.75) is 69.5 Å². The van der Waals surface area contributed by atoms with Gasteiger partial charge in [0.1, 0.15) is 20.8 Å². The maximum Gasteiger partial charge on any atom is 0.410 e. The third-order valence-electron chi connectivity index (χ3n) is 8.37. The number of hydrogen-bond acceptors (Lipinski definition) is 4. The molecule has 2 heterocycles. The highest BCUT2D eigenvalue weighted by Crippen LogP contribution is 2.43. The summed E-state index contributed by atoms with van der Waals surface area (Å²) in [6.45, 7) is 7.22. The van der Waals surface area contributed by atoms with Gasteiger partial charge in [-0.2, -0.15) is 0 Å². The van der Waals surface area contributed by atoms with E-state index in [-0.39, 0.29) is 35.8 Å². The van der Waals surface area contributed by atoms with Crippen LogP contribution in [0.2, 0.25) is 11.1 Å². The van der Waals surface area contributed by atoms with E-state index >= 15 is 0 Å². The Bertz CT molecular complexity index is 1260. The third-order valence-corrected chi connectivity index (χ3v) is 14.7. The van der Waals surface area contributed by atoms with Crippen LogP contribution in [0.5, 0.6) is 0 Å². The highest BCUT2D eigenvalue weighted by molar-refractivity contribution is 7.04. The molecule has 5 nitrogen and oxygen atoms in total. The van der Waals surface area contributed by atoms with Crippen molar-refractivity contribution in [2.24, 2.45) is 0 Å². The first-order chi connectivity index (χ1) is 18.8. The number of carbonyl (C=O) groups is 2. The normalized spacial score (nSPS) is 21.2. The molecule has 0 spiro atoms. The van der Waals surface area contributed by atoms with Gasteiger partial charge in [-0.3, -0.25) is 4.90 Å². The Kier molecular flexibility index (Phi) is 7.76. The number of esters is 1. The molecule has 2 aliphatic rings. The summed E-state index contributed by atoms with van der Waals surface area (Å²) in [7, 11) is -2.45. The van der Waals surface area contributed by atoms with E-state index in [1.54, 1.807) is 6.08 Å². The fourth-order valence-electron chi connectivity index (χ4n) is 6.48. The van der Waals surface area contributed by atoms with E-state index in [9.17, 15) is 9.59 Å². The van der Waals surface area contributed by atoms with Crippen LogP contribution in [0.1, 0.15) is 39.2 Å². The maximum absolute atomic E-state index is 13.8. The second-order valence-corrected chi connectivity index (χ2v) is 16.5. The van der Waals surface area contributed by atoms with Crippen LogP contribution >= 0.6 is 0 Å². The molecular weight excluding hydrogens is 502 g/mol. The molecule has 1 saturated heterocycles. The molecule has 202 valence electrons. The summed E-state index contributed by atoms with van der Waals surface area (Å²) in [6, 6.07) is 32.0. The zero-order valence-corrected chi connectivity index (χ0v) is 24.0. The third kappa shape index (κ3) is 5.43. The van der Waals surface area contributed by atoms with Crippen molar-refractivity contribution in [2.75, 3.05) is 0 Å². The van der Waals surface area contributed by atoms with Crippen molar-refractivity contribution in [3.63, 3.8) is 0 Å². The average Bonchev–Trinajstić information content (AvgIpc) is 3.57. The lowest BCUT2D eigenvalue weighted by Gasteiger charge is -2.47. The molecule has 0 bridgehead atoms. The van der Waals surface area contributed by atoms with Crippen molar-refractivity contribution in [1.29, 1.82) is 0 Å². The Morgan fingerprint density at radius 3 is 1.97 bits per heavy atom. The van der Waals surface area contributed by atoms with Gasteiger partial charge in [0.25, 0.3) is 0 Å². The number of ether oxygens (including phenoxy) is 2. The van der Waals surface area contributed by atoms with Gasteiger partial charge in [-0.1, -0.05) is 122 Å². The smallest absolute Gasteiger partial charge is 0.410 e. The second-order valence-electron chi connectivity index (χ2n) is 11.6. The quantitative estimate of drug-likeness (QED) is 0.285. The Balaban J connectivity index is 1.53. The summed E-state index contributed by atoms with van der Waals surface area (Å²) >= 11 is 0. The van der Waals surface area contributed by atoms with Crippen molar-refractivity contribution in [3.05, 3.63) is 109 Å². The minimum Gasteiger partial charge on any atom is -0.453 e. The number of rotatable bonds is 7. The van der Waals surface area contributed by atoms with Crippen molar-refractivity contribution in [3.8, 4) is 0 Å². The number of hydrogen-bond donors (Lipinski definition) is 0. The Morgan fingerprint density at radius 2 is 1.46 bits per heavy atom. The molecule has 0 radical (unpaired) electrons. The highest BCUT2D eigenvalue weighted by Gasteiger charge is 2.53. The van der Waals surface area contributed by atoms with Crippen molar-refractivity contribution >= 4 is 30.5 Å². The van der Waals surface area contributed by atoms with Crippen molar-refractivity contribution < 1.29 is 19.1 Å². The molecule has 1 fully saturated rings. The van der Waals surface area contributed by atoms with Crippen LogP contribution in [0.25, 0.3) is 0 Å². The molecule has 2 aliphatic heterocycles. The topological polar surface area (TPSA) is 55.8 Å². The zero-order chi connectivity index (χ0) is 27.5. The SMILES string of the molecule is CC(C)(C)[Si](C[C@@H]1CC[C@@H](C2C=CC(=O)O2)N1C(=O)OCc1ccccc1)(c1ccccc1)c1ccccc1. The summed E-state index contributed by atoms with van der Waals surface area (Å²) in [6.07, 6.45) is 4.04. The van der Waals surface area contributed by atoms with E-state index < -0.39 is 14.2 Å². The highest BCUT2D eigenvalue weighted by atomic mass is 28.3. The number of likely N-dealkylation sites (tertiary alicyclic amines) is 1. The van der Waals surface area contributed by atoms with Crippen LogP contribution < -0.4 is 10.4 Å². The lowest BCUT2D eigenvalue weighted by atomic mass is 10.1. The van der Waals surface area contributed by atoms with Gasteiger partial charge in [-0.15, -0.1) is 0 Å². The lowest BCUT2D eigenvalue weighted by molar-refractivity contribution is -0.140. The lowest BCUT2D eigenvalue weighted by Crippen LogP contribution is -2.66. The molecule has 39 heavy (non-hydrogen) atoms. The minimum absolute atomic E-state index is 0.0346. The van der Waals surface area contributed by atoms with Gasteiger partial charge in [0, 0.05) is 12.1 Å². The van der Waals surface area contributed by atoms with Gasteiger partial charge in [0.2, 0.25) is 0 Å². The second kappa shape index (κ2) is 11.2. The maximum atomic E-state index is 13.8. The van der Waals surface area contributed by atoms with E-state index in [0.29, 0.717) is 0 Å². The first-order valence-corrected chi connectivity index (χ1v) is 16.0. The van der Waals surface area contributed by atoms with Gasteiger partial charge in [-0.05, 0) is 35.6 Å². The Morgan fingerprint density at radius 1 is 0.897 bits per heavy atom. The van der Waals surface area contributed by atoms with Gasteiger partial charge in [0.05, 0.1) is 6.04 Å². The number of amides is 1. The summed E-state index contributed by atoms with van der Waals surface area (Å²) in [5.41, 5.74) is 0.942. The molecule has 1 amide bonds. The molecule has 3 atom stereocenters.